The minimum atomic E-state index is -1.39. The zero-order valence-corrected chi connectivity index (χ0v) is 6.11. The Bertz CT molecular complexity index is 198. The van der Waals surface area contributed by atoms with E-state index in [0.29, 0.717) is 4.90 Å². The summed E-state index contributed by atoms with van der Waals surface area (Å²) < 4.78 is 12.6. The Balaban J connectivity index is 2.72. The summed E-state index contributed by atoms with van der Waals surface area (Å²) in [5.74, 6) is -1.29. The zero-order chi connectivity index (χ0) is 9.30. The van der Waals surface area contributed by atoms with Gasteiger partial charge in [0.1, 0.15) is 12.2 Å². The smallest absolute Gasteiger partial charge is 0.408 e. The fourth-order valence-electron chi connectivity index (χ4n) is 1.23. The first-order valence-corrected chi connectivity index (χ1v) is 3.39. The number of amides is 1. The Morgan fingerprint density at radius 3 is 2.33 bits per heavy atom. The van der Waals surface area contributed by atoms with E-state index in [2.05, 4.69) is 0 Å². The zero-order valence-electron chi connectivity index (χ0n) is 6.11. The van der Waals surface area contributed by atoms with Gasteiger partial charge in [-0.1, -0.05) is 0 Å². The van der Waals surface area contributed by atoms with E-state index in [-0.39, 0.29) is 13.0 Å². The van der Waals surface area contributed by atoms with Crippen LogP contribution in [0.25, 0.3) is 0 Å². The van der Waals surface area contributed by atoms with Crippen molar-refractivity contribution >= 4 is 12.1 Å². The number of rotatable bonds is 1. The van der Waals surface area contributed by atoms with Crippen molar-refractivity contribution in [2.24, 2.45) is 0 Å². The van der Waals surface area contributed by atoms with Gasteiger partial charge in [0.15, 0.2) is 0 Å². The van der Waals surface area contributed by atoms with Gasteiger partial charge in [0.05, 0.1) is 6.54 Å². The number of hydrogen-bond donors (Lipinski definition) is 2. The highest BCUT2D eigenvalue weighted by atomic mass is 19.1. The standard InChI is InChI=1S/C6H8FNO4/c7-3-1-4(5(9)10)8(2-3)6(11)12/h3-4H,1-2H2,(H,9,10)(H,11,12)/t3-,4-/m1/s1. The van der Waals surface area contributed by atoms with Crippen LogP contribution in [0, 0.1) is 0 Å². The SMILES string of the molecule is O=C(O)[C@H]1C[C@@H](F)CN1C(=O)O. The summed E-state index contributed by atoms with van der Waals surface area (Å²) in [6.45, 7) is -0.341. The fraction of sp³-hybridized carbons (Fsp3) is 0.667. The van der Waals surface area contributed by atoms with E-state index < -0.39 is 24.3 Å². The Labute approximate surface area is 67.4 Å². The minimum absolute atomic E-state index is 0.248. The summed E-state index contributed by atoms with van der Waals surface area (Å²) >= 11 is 0. The second-order valence-electron chi connectivity index (χ2n) is 2.62. The number of carbonyl (C=O) groups is 2. The van der Waals surface area contributed by atoms with Crippen LogP contribution in [0.1, 0.15) is 6.42 Å². The molecule has 1 rings (SSSR count). The molecule has 0 radical (unpaired) electrons. The Kier molecular flexibility index (Phi) is 2.16. The summed E-state index contributed by atoms with van der Waals surface area (Å²) in [5.41, 5.74) is 0. The molecule has 0 aromatic rings. The van der Waals surface area contributed by atoms with E-state index >= 15 is 0 Å². The predicted molar refractivity (Wildman–Crippen MR) is 35.7 cm³/mol. The molecule has 0 aromatic heterocycles. The van der Waals surface area contributed by atoms with Gasteiger partial charge in [-0.3, -0.25) is 4.90 Å². The largest absolute Gasteiger partial charge is 0.480 e. The number of carboxylic acid groups (broad SMARTS) is 2. The lowest BCUT2D eigenvalue weighted by molar-refractivity contribution is -0.141. The average molecular weight is 177 g/mol. The number of hydrogen-bond acceptors (Lipinski definition) is 2. The molecule has 1 aliphatic heterocycles. The first-order valence-electron chi connectivity index (χ1n) is 3.39. The molecule has 12 heavy (non-hydrogen) atoms. The Hall–Kier alpha value is -1.33. The predicted octanol–water partition coefficient (Wildman–Crippen LogP) is 0.161. The Morgan fingerprint density at radius 1 is 1.42 bits per heavy atom. The maximum absolute atomic E-state index is 12.6. The molecule has 68 valence electrons. The van der Waals surface area contributed by atoms with Crippen molar-refractivity contribution in [1.29, 1.82) is 0 Å². The van der Waals surface area contributed by atoms with E-state index in [1.165, 1.54) is 0 Å². The van der Waals surface area contributed by atoms with Gasteiger partial charge in [0.25, 0.3) is 0 Å². The molecule has 1 heterocycles. The van der Waals surface area contributed by atoms with E-state index in [9.17, 15) is 14.0 Å². The van der Waals surface area contributed by atoms with Gasteiger partial charge in [0.2, 0.25) is 0 Å². The molecule has 1 amide bonds. The lowest BCUT2D eigenvalue weighted by Crippen LogP contribution is -2.39. The van der Waals surface area contributed by atoms with Gasteiger partial charge in [-0.15, -0.1) is 0 Å². The normalized spacial score (nSPS) is 28.9. The number of halogens is 1. The van der Waals surface area contributed by atoms with Crippen molar-refractivity contribution in [2.75, 3.05) is 6.54 Å². The van der Waals surface area contributed by atoms with Crippen molar-refractivity contribution in [3.63, 3.8) is 0 Å². The first kappa shape index (κ1) is 8.76. The molecule has 0 aromatic carbocycles. The van der Waals surface area contributed by atoms with E-state index in [0.717, 1.165) is 0 Å². The van der Waals surface area contributed by atoms with Crippen molar-refractivity contribution in [2.45, 2.75) is 18.6 Å². The number of nitrogens with zero attached hydrogens (tertiary/aromatic N) is 1. The van der Waals surface area contributed by atoms with Crippen LogP contribution in [-0.4, -0.2) is 45.9 Å². The second-order valence-corrected chi connectivity index (χ2v) is 2.62. The first-order chi connectivity index (χ1) is 5.52. The molecular weight excluding hydrogens is 169 g/mol. The van der Waals surface area contributed by atoms with Crippen LogP contribution in [0.2, 0.25) is 0 Å². The monoisotopic (exact) mass is 177 g/mol. The number of alkyl halides is 1. The number of likely N-dealkylation sites (tertiary alicyclic amines) is 1. The van der Waals surface area contributed by atoms with Crippen molar-refractivity contribution in [1.82, 2.24) is 4.90 Å². The van der Waals surface area contributed by atoms with Gasteiger partial charge in [-0.05, 0) is 0 Å². The van der Waals surface area contributed by atoms with Crippen LogP contribution < -0.4 is 0 Å². The van der Waals surface area contributed by atoms with Crippen molar-refractivity contribution < 1.29 is 24.2 Å². The molecular formula is C6H8FNO4. The van der Waals surface area contributed by atoms with Crippen LogP contribution in [0.3, 0.4) is 0 Å². The molecule has 6 heteroatoms. The lowest BCUT2D eigenvalue weighted by atomic mass is 10.2. The van der Waals surface area contributed by atoms with E-state index in [4.69, 9.17) is 10.2 Å². The third-order valence-corrected chi connectivity index (χ3v) is 1.78. The summed E-state index contributed by atoms with van der Waals surface area (Å²) in [6.07, 6.45) is -2.99. The molecule has 0 aliphatic carbocycles. The number of aliphatic carboxylic acids is 1. The summed E-state index contributed by atoms with van der Waals surface area (Å²) in [5, 5.41) is 16.9. The van der Waals surface area contributed by atoms with Crippen molar-refractivity contribution in [3.05, 3.63) is 0 Å². The molecule has 1 aliphatic rings. The van der Waals surface area contributed by atoms with Gasteiger partial charge < -0.3 is 10.2 Å². The third kappa shape index (κ3) is 1.46. The molecule has 2 N–H and O–H groups in total. The van der Waals surface area contributed by atoms with E-state index in [1.54, 1.807) is 0 Å². The molecule has 2 atom stereocenters. The maximum atomic E-state index is 12.6. The third-order valence-electron chi connectivity index (χ3n) is 1.78. The summed E-state index contributed by atoms with van der Waals surface area (Å²) in [7, 11) is 0. The molecule has 0 unspecified atom stereocenters. The maximum Gasteiger partial charge on any atom is 0.408 e. The highest BCUT2D eigenvalue weighted by molar-refractivity contribution is 5.80. The molecule has 0 bridgehead atoms. The van der Waals surface area contributed by atoms with E-state index in [1.807, 2.05) is 0 Å². The highest BCUT2D eigenvalue weighted by Crippen LogP contribution is 2.20. The van der Waals surface area contributed by atoms with Crippen LogP contribution in [-0.2, 0) is 4.79 Å². The highest BCUT2D eigenvalue weighted by Gasteiger charge is 2.39. The van der Waals surface area contributed by atoms with Crippen LogP contribution in [0.5, 0.6) is 0 Å². The minimum Gasteiger partial charge on any atom is -0.480 e. The topological polar surface area (TPSA) is 77.8 Å². The molecule has 0 saturated carbocycles. The lowest BCUT2D eigenvalue weighted by Gasteiger charge is -2.16. The molecule has 5 nitrogen and oxygen atoms in total. The van der Waals surface area contributed by atoms with Gasteiger partial charge in [0, 0.05) is 6.42 Å². The quantitative estimate of drug-likeness (QED) is 0.598. The summed E-state index contributed by atoms with van der Waals surface area (Å²) in [4.78, 5) is 21.4. The summed E-state index contributed by atoms with van der Waals surface area (Å²) in [6, 6.07) is -1.22. The number of carboxylic acids is 1. The van der Waals surface area contributed by atoms with Crippen LogP contribution >= 0.6 is 0 Å². The van der Waals surface area contributed by atoms with Crippen molar-refractivity contribution in [3.8, 4) is 0 Å². The van der Waals surface area contributed by atoms with Gasteiger partial charge in [-0.2, -0.15) is 0 Å². The second kappa shape index (κ2) is 2.96. The van der Waals surface area contributed by atoms with Crippen LogP contribution in [0.15, 0.2) is 0 Å². The Morgan fingerprint density at radius 2 is 2.00 bits per heavy atom. The average Bonchev–Trinajstić information content (AvgIpc) is 2.31. The molecule has 1 saturated heterocycles. The van der Waals surface area contributed by atoms with Gasteiger partial charge in [-0.25, -0.2) is 14.0 Å². The van der Waals surface area contributed by atoms with Gasteiger partial charge >= 0.3 is 12.1 Å². The fourth-order valence-corrected chi connectivity index (χ4v) is 1.23. The van der Waals surface area contributed by atoms with Crippen LogP contribution in [0.4, 0.5) is 9.18 Å². The molecule has 1 fully saturated rings. The molecule has 0 spiro atoms.